The Morgan fingerprint density at radius 2 is 1.53 bits per heavy atom. The van der Waals surface area contributed by atoms with Gasteiger partial charge in [-0.15, -0.1) is 0 Å². The minimum absolute atomic E-state index is 0.0161. The van der Waals surface area contributed by atoms with Gasteiger partial charge in [0.2, 0.25) is 0 Å². The van der Waals surface area contributed by atoms with Gasteiger partial charge in [0, 0.05) is 29.4 Å². The second-order valence-electron chi connectivity index (χ2n) is 6.72. The van der Waals surface area contributed by atoms with Crippen molar-refractivity contribution in [3.63, 3.8) is 0 Å². The molecule has 2 N–H and O–H groups in total. The lowest BCUT2D eigenvalue weighted by Gasteiger charge is -2.27. The van der Waals surface area contributed by atoms with Crippen LogP contribution in [0.3, 0.4) is 0 Å². The second kappa shape index (κ2) is 3.90. The summed E-state index contributed by atoms with van der Waals surface area (Å²) in [5.74, 6) is 0. The zero-order chi connectivity index (χ0) is 13.6. The van der Waals surface area contributed by atoms with Crippen molar-refractivity contribution in [2.45, 2.75) is 52.4 Å². The fraction of sp³-hybridized carbons (Fsp3) is 0.643. The molecule has 1 heterocycles. The highest BCUT2D eigenvalue weighted by atomic mass is 16.1. The van der Waals surface area contributed by atoms with Crippen LogP contribution in [-0.4, -0.2) is 4.57 Å². The average Bonchev–Trinajstić information content (AvgIpc) is 2.07. The molecule has 0 spiro atoms. The first-order valence-corrected chi connectivity index (χ1v) is 5.96. The fourth-order valence-corrected chi connectivity index (χ4v) is 2.19. The predicted octanol–water partition coefficient (Wildman–Crippen LogP) is 2.56. The van der Waals surface area contributed by atoms with E-state index < -0.39 is 0 Å². The van der Waals surface area contributed by atoms with Crippen LogP contribution in [0.5, 0.6) is 0 Å². The first-order valence-electron chi connectivity index (χ1n) is 5.96. The highest BCUT2D eigenvalue weighted by Gasteiger charge is 2.26. The summed E-state index contributed by atoms with van der Waals surface area (Å²) < 4.78 is 1.72. The van der Waals surface area contributed by atoms with Crippen LogP contribution in [0.1, 0.15) is 52.8 Å². The van der Waals surface area contributed by atoms with Crippen LogP contribution in [0.4, 0.5) is 5.69 Å². The topological polar surface area (TPSA) is 48.0 Å². The number of hydrogen-bond donors (Lipinski definition) is 1. The van der Waals surface area contributed by atoms with Crippen molar-refractivity contribution in [3.8, 4) is 0 Å². The first-order chi connectivity index (χ1) is 7.46. The molecule has 0 fully saturated rings. The summed E-state index contributed by atoms with van der Waals surface area (Å²) in [6.07, 6.45) is 0. The van der Waals surface area contributed by atoms with Gasteiger partial charge in [-0.2, -0.15) is 0 Å². The van der Waals surface area contributed by atoms with Gasteiger partial charge in [-0.05, 0) is 11.5 Å². The van der Waals surface area contributed by atoms with Crippen LogP contribution in [0.15, 0.2) is 10.9 Å². The lowest BCUT2D eigenvalue weighted by molar-refractivity contribution is 0.516. The highest BCUT2D eigenvalue weighted by molar-refractivity contribution is 5.51. The van der Waals surface area contributed by atoms with E-state index in [2.05, 4.69) is 20.8 Å². The number of nitrogens with zero attached hydrogens (tertiary/aromatic N) is 1. The summed E-state index contributed by atoms with van der Waals surface area (Å²) in [6.45, 7) is 12.3. The molecule has 0 unspecified atom stereocenters. The van der Waals surface area contributed by atoms with Gasteiger partial charge in [-0.25, -0.2) is 0 Å². The van der Waals surface area contributed by atoms with Gasteiger partial charge in [0.15, 0.2) is 0 Å². The zero-order valence-corrected chi connectivity index (χ0v) is 12.0. The van der Waals surface area contributed by atoms with Crippen molar-refractivity contribution >= 4 is 5.69 Å². The van der Waals surface area contributed by atoms with Gasteiger partial charge in [0.1, 0.15) is 0 Å². The number of nitrogen functional groups attached to an aromatic ring is 1. The van der Waals surface area contributed by atoms with E-state index in [0.717, 1.165) is 5.69 Å². The van der Waals surface area contributed by atoms with Crippen LogP contribution in [0, 0.1) is 0 Å². The fourth-order valence-electron chi connectivity index (χ4n) is 2.19. The Kier molecular flexibility index (Phi) is 3.17. The number of nitrogens with two attached hydrogens (primary N) is 1. The van der Waals surface area contributed by atoms with Crippen molar-refractivity contribution in [2.24, 2.45) is 7.05 Å². The van der Waals surface area contributed by atoms with Crippen molar-refractivity contribution in [1.29, 1.82) is 0 Å². The molecule has 0 aliphatic heterocycles. The maximum Gasteiger partial charge on any atom is 0.256 e. The summed E-state index contributed by atoms with van der Waals surface area (Å²) >= 11 is 0. The summed E-state index contributed by atoms with van der Waals surface area (Å²) in [5.41, 5.74) is 8.03. The zero-order valence-electron chi connectivity index (χ0n) is 12.0. The third kappa shape index (κ3) is 2.54. The minimum atomic E-state index is -0.227. The molecular formula is C14H24N2O. The lowest BCUT2D eigenvalue weighted by Crippen LogP contribution is -2.35. The summed E-state index contributed by atoms with van der Waals surface area (Å²) in [5, 5.41) is 0. The lowest BCUT2D eigenvalue weighted by atomic mass is 9.84. The molecule has 0 aliphatic rings. The normalized spacial score (nSPS) is 12.9. The Bertz CT molecular complexity index is 485. The maximum absolute atomic E-state index is 12.4. The molecule has 1 aromatic rings. The van der Waals surface area contributed by atoms with Gasteiger partial charge < -0.3 is 10.3 Å². The standard InChI is InChI=1S/C14H24N2O/c1-13(2,3)10-8-9(15)11(14(4,5)6)12(17)16(10)7/h8H,15H2,1-7H3. The molecule has 0 bridgehead atoms. The molecule has 0 saturated carbocycles. The van der Waals surface area contributed by atoms with Crippen LogP contribution in [0.25, 0.3) is 0 Å². The molecule has 1 rings (SSSR count). The maximum atomic E-state index is 12.4. The van der Waals surface area contributed by atoms with E-state index >= 15 is 0 Å². The largest absolute Gasteiger partial charge is 0.398 e. The van der Waals surface area contributed by atoms with E-state index in [4.69, 9.17) is 5.73 Å². The summed E-state index contributed by atoms with van der Waals surface area (Å²) in [7, 11) is 1.82. The number of hydrogen-bond acceptors (Lipinski definition) is 2. The Balaban J connectivity index is 3.66. The van der Waals surface area contributed by atoms with E-state index in [1.165, 1.54) is 0 Å². The Hall–Kier alpha value is -1.25. The monoisotopic (exact) mass is 236 g/mol. The van der Waals surface area contributed by atoms with Crippen LogP contribution >= 0.6 is 0 Å². The third-order valence-electron chi connectivity index (χ3n) is 2.98. The Morgan fingerprint density at radius 1 is 1.06 bits per heavy atom. The van der Waals surface area contributed by atoms with Crippen LogP contribution < -0.4 is 11.3 Å². The van der Waals surface area contributed by atoms with Crippen LogP contribution in [-0.2, 0) is 17.9 Å². The molecular weight excluding hydrogens is 212 g/mol. The van der Waals surface area contributed by atoms with E-state index in [0.29, 0.717) is 11.3 Å². The number of pyridine rings is 1. The van der Waals surface area contributed by atoms with Gasteiger partial charge >= 0.3 is 0 Å². The van der Waals surface area contributed by atoms with Crippen molar-refractivity contribution in [3.05, 3.63) is 27.7 Å². The SMILES string of the molecule is Cn1c(C(C)(C)C)cc(N)c(C(C)(C)C)c1=O. The van der Waals surface area contributed by atoms with Gasteiger partial charge in [-0.3, -0.25) is 4.79 Å². The third-order valence-corrected chi connectivity index (χ3v) is 2.98. The molecule has 1 aromatic heterocycles. The van der Waals surface area contributed by atoms with E-state index in [-0.39, 0.29) is 16.4 Å². The van der Waals surface area contributed by atoms with Crippen LogP contribution in [0.2, 0.25) is 0 Å². The molecule has 3 nitrogen and oxygen atoms in total. The van der Waals surface area contributed by atoms with E-state index in [1.807, 2.05) is 33.9 Å². The van der Waals surface area contributed by atoms with Crippen molar-refractivity contribution < 1.29 is 0 Å². The Labute approximate surface area is 104 Å². The summed E-state index contributed by atoms with van der Waals surface area (Å²) in [6, 6.07) is 1.93. The predicted molar refractivity (Wildman–Crippen MR) is 73.5 cm³/mol. The smallest absolute Gasteiger partial charge is 0.256 e. The van der Waals surface area contributed by atoms with Crippen molar-refractivity contribution in [2.75, 3.05) is 5.73 Å². The molecule has 96 valence electrons. The molecule has 3 heteroatoms. The quantitative estimate of drug-likeness (QED) is 0.752. The second-order valence-corrected chi connectivity index (χ2v) is 6.72. The molecule has 0 aromatic carbocycles. The van der Waals surface area contributed by atoms with E-state index in [9.17, 15) is 4.79 Å². The molecule has 0 saturated heterocycles. The van der Waals surface area contributed by atoms with Crippen molar-refractivity contribution in [1.82, 2.24) is 4.57 Å². The molecule has 0 radical (unpaired) electrons. The molecule has 0 atom stereocenters. The summed E-state index contributed by atoms with van der Waals surface area (Å²) in [4.78, 5) is 12.4. The molecule has 0 aliphatic carbocycles. The van der Waals surface area contributed by atoms with Gasteiger partial charge in [-0.1, -0.05) is 41.5 Å². The molecule has 0 amide bonds. The highest BCUT2D eigenvalue weighted by Crippen LogP contribution is 2.28. The van der Waals surface area contributed by atoms with Gasteiger partial charge in [0.25, 0.3) is 5.56 Å². The average molecular weight is 236 g/mol. The number of rotatable bonds is 0. The van der Waals surface area contributed by atoms with Gasteiger partial charge in [0.05, 0.1) is 0 Å². The molecule has 17 heavy (non-hydrogen) atoms. The van der Waals surface area contributed by atoms with E-state index in [1.54, 1.807) is 4.57 Å². The number of anilines is 1. The number of aromatic nitrogens is 1. The first kappa shape index (κ1) is 13.8. The minimum Gasteiger partial charge on any atom is -0.398 e. The Morgan fingerprint density at radius 3 is 1.88 bits per heavy atom.